The molecule has 1 fully saturated rings. The van der Waals surface area contributed by atoms with Crippen LogP contribution in [0.3, 0.4) is 0 Å². The molecule has 1 saturated heterocycles. The molecule has 15 heavy (non-hydrogen) atoms. The largest absolute Gasteiger partial charge is 0.389 e. The van der Waals surface area contributed by atoms with Gasteiger partial charge in [-0.05, 0) is 13.8 Å². The lowest BCUT2D eigenvalue weighted by Gasteiger charge is -2.16. The second kappa shape index (κ2) is 3.75. The third kappa shape index (κ3) is 1.93. The molecule has 2 N–H and O–H groups in total. The summed E-state index contributed by atoms with van der Waals surface area (Å²) in [5.74, 6) is 0.716. The number of aliphatic hydroxyl groups is 2. The van der Waals surface area contributed by atoms with E-state index in [-0.39, 0.29) is 0 Å². The topological polar surface area (TPSA) is 69.5 Å². The van der Waals surface area contributed by atoms with Crippen molar-refractivity contribution in [3.63, 3.8) is 0 Å². The second-order valence-corrected chi connectivity index (χ2v) is 3.94. The van der Waals surface area contributed by atoms with Crippen molar-refractivity contribution in [3.05, 3.63) is 17.6 Å². The number of nitrogens with zero attached hydrogens (tertiary/aromatic N) is 3. The van der Waals surface area contributed by atoms with Crippen molar-refractivity contribution in [1.29, 1.82) is 0 Å². The first-order valence-electron chi connectivity index (χ1n) is 4.99. The lowest BCUT2D eigenvalue weighted by Crippen LogP contribution is -2.22. The van der Waals surface area contributed by atoms with Crippen molar-refractivity contribution in [2.75, 3.05) is 18.0 Å². The Hall–Kier alpha value is -1.20. The third-order valence-corrected chi connectivity index (χ3v) is 2.76. The molecule has 1 aromatic rings. The summed E-state index contributed by atoms with van der Waals surface area (Å²) in [6.07, 6.45) is 0.300. The van der Waals surface area contributed by atoms with E-state index in [0.717, 1.165) is 11.4 Å². The Kier molecular flexibility index (Phi) is 2.58. The van der Waals surface area contributed by atoms with Crippen LogP contribution in [0.15, 0.2) is 6.20 Å². The summed E-state index contributed by atoms with van der Waals surface area (Å²) in [7, 11) is 0. The number of hydrogen-bond acceptors (Lipinski definition) is 5. The van der Waals surface area contributed by atoms with Gasteiger partial charge in [0.25, 0.3) is 0 Å². The van der Waals surface area contributed by atoms with Crippen LogP contribution in [-0.4, -0.2) is 45.5 Å². The van der Waals surface area contributed by atoms with E-state index in [2.05, 4.69) is 9.97 Å². The summed E-state index contributed by atoms with van der Waals surface area (Å²) < 4.78 is 0. The summed E-state index contributed by atoms with van der Waals surface area (Å²) in [6, 6.07) is 0. The van der Waals surface area contributed by atoms with Gasteiger partial charge in [-0.25, -0.2) is 4.98 Å². The van der Waals surface area contributed by atoms with Crippen LogP contribution in [0.1, 0.15) is 11.4 Å². The molecule has 1 aromatic heterocycles. The zero-order valence-corrected chi connectivity index (χ0v) is 8.88. The average Bonchev–Trinajstić information content (AvgIpc) is 2.52. The minimum absolute atomic E-state index is 0.415. The van der Waals surface area contributed by atoms with Gasteiger partial charge in [0.1, 0.15) is 5.82 Å². The van der Waals surface area contributed by atoms with Gasteiger partial charge >= 0.3 is 0 Å². The van der Waals surface area contributed by atoms with Gasteiger partial charge in [-0.3, -0.25) is 4.98 Å². The summed E-state index contributed by atoms with van der Waals surface area (Å²) in [6.45, 7) is 4.63. The number of aromatic nitrogens is 2. The highest BCUT2D eigenvalue weighted by molar-refractivity contribution is 5.39. The van der Waals surface area contributed by atoms with Crippen LogP contribution >= 0.6 is 0 Å². The summed E-state index contributed by atoms with van der Waals surface area (Å²) in [5.41, 5.74) is 1.78. The van der Waals surface area contributed by atoms with Crippen LogP contribution in [0.25, 0.3) is 0 Å². The Morgan fingerprint density at radius 1 is 1.20 bits per heavy atom. The van der Waals surface area contributed by atoms with Crippen LogP contribution in [0.4, 0.5) is 5.82 Å². The van der Waals surface area contributed by atoms with Gasteiger partial charge in [0.15, 0.2) is 0 Å². The lowest BCUT2D eigenvalue weighted by atomic mass is 10.3. The molecule has 0 aliphatic carbocycles. The van der Waals surface area contributed by atoms with Gasteiger partial charge in [-0.15, -0.1) is 0 Å². The highest BCUT2D eigenvalue weighted by atomic mass is 16.3. The lowest BCUT2D eigenvalue weighted by molar-refractivity contribution is 0.0572. The Morgan fingerprint density at radius 2 is 1.80 bits per heavy atom. The third-order valence-electron chi connectivity index (χ3n) is 2.76. The molecule has 1 aliphatic heterocycles. The van der Waals surface area contributed by atoms with Crippen LogP contribution < -0.4 is 4.90 Å². The van der Waals surface area contributed by atoms with Crippen molar-refractivity contribution < 1.29 is 10.2 Å². The molecule has 5 heteroatoms. The van der Waals surface area contributed by atoms with E-state index < -0.39 is 12.2 Å². The molecule has 2 heterocycles. The summed E-state index contributed by atoms with van der Waals surface area (Å²) in [4.78, 5) is 10.4. The number of β-amino-alcohol motifs (C(OH)–C–C–N with tert-alkyl or cyclic N) is 2. The average molecular weight is 209 g/mol. The van der Waals surface area contributed by atoms with Gasteiger partial charge in [-0.2, -0.15) is 0 Å². The second-order valence-electron chi connectivity index (χ2n) is 3.94. The van der Waals surface area contributed by atoms with Crippen molar-refractivity contribution in [2.24, 2.45) is 0 Å². The minimum atomic E-state index is -0.687. The number of aliphatic hydroxyl groups excluding tert-OH is 2. The Balaban J connectivity index is 2.20. The molecule has 0 aromatic carbocycles. The van der Waals surface area contributed by atoms with Gasteiger partial charge in [0.2, 0.25) is 0 Å². The SMILES string of the molecule is Cc1ncc(N2CC(O)C(O)C2)nc1C. The van der Waals surface area contributed by atoms with E-state index in [1.807, 2.05) is 18.7 Å². The maximum Gasteiger partial charge on any atom is 0.147 e. The smallest absolute Gasteiger partial charge is 0.147 e. The van der Waals surface area contributed by atoms with Gasteiger partial charge in [0, 0.05) is 13.1 Å². The zero-order valence-electron chi connectivity index (χ0n) is 8.88. The quantitative estimate of drug-likeness (QED) is 0.660. The monoisotopic (exact) mass is 209 g/mol. The molecule has 2 atom stereocenters. The van der Waals surface area contributed by atoms with E-state index in [0.29, 0.717) is 18.9 Å². The van der Waals surface area contributed by atoms with Crippen LogP contribution in [0.2, 0.25) is 0 Å². The standard InChI is InChI=1S/C10H15N3O2/c1-6-7(2)12-10(3-11-6)13-4-8(14)9(15)5-13/h3,8-9,14-15H,4-5H2,1-2H3. The molecule has 1 aliphatic rings. The number of anilines is 1. The van der Waals surface area contributed by atoms with Crippen molar-refractivity contribution in [1.82, 2.24) is 9.97 Å². The molecule has 0 radical (unpaired) electrons. The Labute approximate surface area is 88.4 Å². The molecule has 0 spiro atoms. The van der Waals surface area contributed by atoms with E-state index in [4.69, 9.17) is 0 Å². The molecule has 0 amide bonds. The number of hydrogen-bond donors (Lipinski definition) is 2. The van der Waals surface area contributed by atoms with Crippen molar-refractivity contribution in [2.45, 2.75) is 26.1 Å². The molecule has 2 unspecified atom stereocenters. The van der Waals surface area contributed by atoms with E-state index in [1.165, 1.54) is 0 Å². The fraction of sp³-hybridized carbons (Fsp3) is 0.600. The van der Waals surface area contributed by atoms with Gasteiger partial charge < -0.3 is 15.1 Å². The van der Waals surface area contributed by atoms with Crippen LogP contribution in [-0.2, 0) is 0 Å². The van der Waals surface area contributed by atoms with E-state index in [1.54, 1.807) is 6.20 Å². The van der Waals surface area contributed by atoms with Crippen molar-refractivity contribution in [3.8, 4) is 0 Å². The highest BCUT2D eigenvalue weighted by Gasteiger charge is 2.30. The van der Waals surface area contributed by atoms with Crippen molar-refractivity contribution >= 4 is 5.82 Å². The minimum Gasteiger partial charge on any atom is -0.389 e. The van der Waals surface area contributed by atoms with Gasteiger partial charge in [-0.1, -0.05) is 0 Å². The van der Waals surface area contributed by atoms with E-state index >= 15 is 0 Å². The Bertz CT molecular complexity index is 360. The fourth-order valence-electron chi connectivity index (χ4n) is 1.64. The van der Waals surface area contributed by atoms with Crippen LogP contribution in [0.5, 0.6) is 0 Å². The first kappa shape index (κ1) is 10.3. The number of rotatable bonds is 1. The molecule has 82 valence electrons. The first-order valence-corrected chi connectivity index (χ1v) is 4.99. The molecular weight excluding hydrogens is 194 g/mol. The summed E-state index contributed by atoms with van der Waals surface area (Å²) >= 11 is 0. The molecular formula is C10H15N3O2. The zero-order chi connectivity index (χ0) is 11.0. The fourth-order valence-corrected chi connectivity index (χ4v) is 1.64. The maximum absolute atomic E-state index is 9.41. The molecule has 5 nitrogen and oxygen atoms in total. The maximum atomic E-state index is 9.41. The number of aryl methyl sites for hydroxylation is 2. The Morgan fingerprint density at radius 3 is 2.33 bits per heavy atom. The van der Waals surface area contributed by atoms with E-state index in [9.17, 15) is 10.2 Å². The molecule has 2 rings (SSSR count). The summed E-state index contributed by atoms with van der Waals surface area (Å²) in [5, 5.41) is 18.8. The molecule has 0 bridgehead atoms. The first-order chi connectivity index (χ1) is 7.08. The molecule has 0 saturated carbocycles. The normalized spacial score (nSPS) is 26.0. The predicted octanol–water partition coefficient (Wildman–Crippen LogP) is -0.365. The highest BCUT2D eigenvalue weighted by Crippen LogP contribution is 2.18. The predicted molar refractivity (Wildman–Crippen MR) is 55.7 cm³/mol. The van der Waals surface area contributed by atoms with Gasteiger partial charge in [0.05, 0.1) is 29.8 Å². The van der Waals surface area contributed by atoms with Crippen LogP contribution in [0, 0.1) is 13.8 Å².